The zero-order chi connectivity index (χ0) is 20.0. The number of carbonyl (C=O) groups is 1. The molecular formula is C22H25N3O3. The molecule has 0 saturated heterocycles. The van der Waals surface area contributed by atoms with Crippen LogP contribution in [0.2, 0.25) is 0 Å². The van der Waals surface area contributed by atoms with E-state index in [1.807, 2.05) is 63.2 Å². The Balaban J connectivity index is 1.47. The summed E-state index contributed by atoms with van der Waals surface area (Å²) in [4.78, 5) is 16.5. The Hall–Kier alpha value is -3.15. The van der Waals surface area contributed by atoms with Gasteiger partial charge in [0.1, 0.15) is 11.5 Å². The second kappa shape index (κ2) is 8.69. The predicted octanol–water partition coefficient (Wildman–Crippen LogP) is 4.17. The minimum absolute atomic E-state index is 0.141. The van der Waals surface area contributed by atoms with E-state index >= 15 is 0 Å². The second-order valence-corrected chi connectivity index (χ2v) is 7.61. The summed E-state index contributed by atoms with van der Waals surface area (Å²) >= 11 is 0. The highest BCUT2D eigenvalue weighted by molar-refractivity contribution is 5.91. The van der Waals surface area contributed by atoms with Gasteiger partial charge < -0.3 is 14.6 Å². The molecule has 0 spiro atoms. The maximum Gasteiger partial charge on any atom is 0.230 e. The molecule has 1 aromatic carbocycles. The normalized spacial score (nSPS) is 11.2. The third kappa shape index (κ3) is 5.67. The molecule has 0 aliphatic carbocycles. The lowest BCUT2D eigenvalue weighted by Gasteiger charge is -2.12. The largest absolute Gasteiger partial charge is 0.493 e. The van der Waals surface area contributed by atoms with Gasteiger partial charge >= 0.3 is 0 Å². The Morgan fingerprint density at radius 1 is 1.14 bits per heavy atom. The first-order valence-electron chi connectivity index (χ1n) is 9.29. The number of carbonyl (C=O) groups excluding carboxylic acids is 1. The predicted molar refractivity (Wildman–Crippen MR) is 107 cm³/mol. The summed E-state index contributed by atoms with van der Waals surface area (Å²) in [5.74, 6) is 1.79. The Morgan fingerprint density at radius 2 is 1.93 bits per heavy atom. The summed E-state index contributed by atoms with van der Waals surface area (Å²) in [6, 6.07) is 15.1. The number of rotatable bonds is 7. The molecule has 0 aliphatic rings. The smallest absolute Gasteiger partial charge is 0.230 e. The first-order chi connectivity index (χ1) is 13.4. The number of anilines is 1. The number of benzene rings is 1. The average Bonchev–Trinajstić information content (AvgIpc) is 3.13. The molecule has 3 rings (SSSR count). The molecule has 2 heterocycles. The van der Waals surface area contributed by atoms with Gasteiger partial charge in [-0.15, -0.1) is 0 Å². The summed E-state index contributed by atoms with van der Waals surface area (Å²) < 4.78 is 11.0. The summed E-state index contributed by atoms with van der Waals surface area (Å²) in [7, 11) is 0. The van der Waals surface area contributed by atoms with E-state index in [2.05, 4.69) is 15.5 Å². The van der Waals surface area contributed by atoms with Crippen LogP contribution in [0.5, 0.6) is 5.75 Å². The third-order valence-electron chi connectivity index (χ3n) is 4.16. The van der Waals surface area contributed by atoms with Crippen LogP contribution in [-0.2, 0) is 23.1 Å². The fraction of sp³-hybridized carbons (Fsp3) is 0.318. The highest BCUT2D eigenvalue weighted by Gasteiger charge is 2.20. The van der Waals surface area contributed by atoms with Gasteiger partial charge in [0.25, 0.3) is 0 Å². The van der Waals surface area contributed by atoms with Gasteiger partial charge in [-0.25, -0.2) is 0 Å². The van der Waals surface area contributed by atoms with E-state index in [1.54, 1.807) is 12.3 Å². The molecule has 3 aromatic rings. The summed E-state index contributed by atoms with van der Waals surface area (Å²) in [6.07, 6.45) is 2.78. The Bertz CT molecular complexity index is 897. The molecule has 0 bridgehead atoms. The number of nitrogens with one attached hydrogen (secondary N) is 1. The van der Waals surface area contributed by atoms with Crippen molar-refractivity contribution in [3.05, 3.63) is 71.7 Å². The van der Waals surface area contributed by atoms with E-state index in [9.17, 15) is 4.79 Å². The zero-order valence-electron chi connectivity index (χ0n) is 16.4. The topological polar surface area (TPSA) is 77.2 Å². The molecule has 28 heavy (non-hydrogen) atoms. The van der Waals surface area contributed by atoms with Crippen molar-refractivity contribution in [2.45, 2.75) is 39.0 Å². The van der Waals surface area contributed by atoms with Crippen molar-refractivity contribution in [3.8, 4) is 5.75 Å². The number of ether oxygens (including phenoxy) is 1. The summed E-state index contributed by atoms with van der Waals surface area (Å²) in [5.41, 5.74) is 1.75. The lowest BCUT2D eigenvalue weighted by atomic mass is 9.93. The first kappa shape index (κ1) is 19.6. The van der Waals surface area contributed by atoms with Crippen molar-refractivity contribution in [2.24, 2.45) is 0 Å². The van der Waals surface area contributed by atoms with Gasteiger partial charge in [0.05, 0.1) is 13.0 Å². The third-order valence-corrected chi connectivity index (χ3v) is 4.16. The number of pyridine rings is 1. The van der Waals surface area contributed by atoms with Gasteiger partial charge in [-0.2, -0.15) is 0 Å². The van der Waals surface area contributed by atoms with Crippen LogP contribution in [0.3, 0.4) is 0 Å². The van der Waals surface area contributed by atoms with Crippen LogP contribution in [0.4, 0.5) is 5.82 Å². The van der Waals surface area contributed by atoms with Crippen molar-refractivity contribution in [1.29, 1.82) is 0 Å². The molecule has 0 radical (unpaired) electrons. The minimum Gasteiger partial charge on any atom is -0.493 e. The van der Waals surface area contributed by atoms with Gasteiger partial charge in [0.2, 0.25) is 5.91 Å². The van der Waals surface area contributed by atoms with E-state index in [4.69, 9.17) is 9.26 Å². The molecule has 0 saturated carbocycles. The molecule has 1 amide bonds. The maximum atomic E-state index is 12.2. The van der Waals surface area contributed by atoms with Gasteiger partial charge in [0, 0.05) is 29.8 Å². The molecule has 0 atom stereocenters. The van der Waals surface area contributed by atoms with Crippen molar-refractivity contribution < 1.29 is 14.1 Å². The minimum atomic E-state index is -0.150. The zero-order valence-corrected chi connectivity index (χ0v) is 16.4. The SMILES string of the molecule is CC(C)(C)c1cc(NC(=O)Cc2ccc(OCCc3ccccn3)cc2)no1. The van der Waals surface area contributed by atoms with Crippen LogP contribution in [0.25, 0.3) is 0 Å². The molecule has 2 aromatic heterocycles. The fourth-order valence-electron chi connectivity index (χ4n) is 2.58. The Kier molecular flexibility index (Phi) is 6.09. The quantitative estimate of drug-likeness (QED) is 0.667. The number of amides is 1. The molecule has 6 nitrogen and oxygen atoms in total. The van der Waals surface area contributed by atoms with Crippen LogP contribution >= 0.6 is 0 Å². The van der Waals surface area contributed by atoms with Crippen LogP contribution in [-0.4, -0.2) is 22.7 Å². The fourth-order valence-corrected chi connectivity index (χ4v) is 2.58. The van der Waals surface area contributed by atoms with Crippen molar-refractivity contribution in [3.63, 3.8) is 0 Å². The molecule has 146 valence electrons. The van der Waals surface area contributed by atoms with Crippen molar-refractivity contribution in [2.75, 3.05) is 11.9 Å². The van der Waals surface area contributed by atoms with Crippen LogP contribution in [0.15, 0.2) is 59.3 Å². The number of aromatic nitrogens is 2. The maximum absolute atomic E-state index is 12.2. The van der Waals surface area contributed by atoms with Gasteiger partial charge in [-0.3, -0.25) is 9.78 Å². The van der Waals surface area contributed by atoms with Crippen LogP contribution in [0, 0.1) is 0 Å². The van der Waals surface area contributed by atoms with E-state index in [1.165, 1.54) is 0 Å². The highest BCUT2D eigenvalue weighted by Crippen LogP contribution is 2.24. The number of hydrogen-bond acceptors (Lipinski definition) is 5. The molecule has 1 N–H and O–H groups in total. The van der Waals surface area contributed by atoms with Crippen LogP contribution < -0.4 is 10.1 Å². The van der Waals surface area contributed by atoms with Crippen LogP contribution in [0.1, 0.15) is 37.8 Å². The summed E-state index contributed by atoms with van der Waals surface area (Å²) in [6.45, 7) is 6.64. The molecule has 0 aliphatic heterocycles. The van der Waals surface area contributed by atoms with E-state index in [-0.39, 0.29) is 17.7 Å². The van der Waals surface area contributed by atoms with E-state index in [0.717, 1.165) is 29.2 Å². The Labute approximate surface area is 164 Å². The van der Waals surface area contributed by atoms with Gasteiger partial charge in [0.15, 0.2) is 5.82 Å². The van der Waals surface area contributed by atoms with E-state index in [0.29, 0.717) is 12.4 Å². The number of nitrogens with zero attached hydrogens (tertiary/aromatic N) is 2. The van der Waals surface area contributed by atoms with E-state index < -0.39 is 0 Å². The second-order valence-electron chi connectivity index (χ2n) is 7.61. The van der Waals surface area contributed by atoms with Gasteiger partial charge in [-0.05, 0) is 29.8 Å². The monoisotopic (exact) mass is 379 g/mol. The molecule has 6 heteroatoms. The number of hydrogen-bond donors (Lipinski definition) is 1. The van der Waals surface area contributed by atoms with Crippen molar-refractivity contribution in [1.82, 2.24) is 10.1 Å². The van der Waals surface area contributed by atoms with Gasteiger partial charge in [-0.1, -0.05) is 44.1 Å². The standard InChI is InChI=1S/C22H25N3O3/c1-22(2,3)19-15-20(25-28-19)24-21(26)14-16-7-9-18(10-8-16)27-13-11-17-6-4-5-12-23-17/h4-10,12,15H,11,13-14H2,1-3H3,(H,24,25,26). The first-order valence-corrected chi connectivity index (χ1v) is 9.29. The molecular weight excluding hydrogens is 354 g/mol. The lowest BCUT2D eigenvalue weighted by molar-refractivity contribution is -0.115. The van der Waals surface area contributed by atoms with Crippen molar-refractivity contribution >= 4 is 11.7 Å². The lowest BCUT2D eigenvalue weighted by Crippen LogP contribution is -2.14. The molecule has 0 unspecified atom stereocenters. The highest BCUT2D eigenvalue weighted by atomic mass is 16.5. The molecule has 0 fully saturated rings. The average molecular weight is 379 g/mol. The summed E-state index contributed by atoms with van der Waals surface area (Å²) in [5, 5.41) is 6.67. The Morgan fingerprint density at radius 3 is 2.57 bits per heavy atom.